The molecule has 0 atom stereocenters. The second-order valence-corrected chi connectivity index (χ2v) is 8.13. The van der Waals surface area contributed by atoms with E-state index < -0.39 is 11.8 Å². The van der Waals surface area contributed by atoms with E-state index in [0.29, 0.717) is 33.1 Å². The second kappa shape index (κ2) is 12.3. The molecular formula is C22H25BrClN3O4. The van der Waals surface area contributed by atoms with Crippen LogP contribution in [-0.2, 0) is 9.59 Å². The number of halogens is 2. The summed E-state index contributed by atoms with van der Waals surface area (Å²) in [4.78, 5) is 36.6. The van der Waals surface area contributed by atoms with Crippen molar-refractivity contribution in [2.45, 2.75) is 39.5 Å². The maximum Gasteiger partial charge on any atom is 0.273 e. The molecule has 0 saturated heterocycles. The van der Waals surface area contributed by atoms with E-state index in [1.54, 1.807) is 43.3 Å². The minimum Gasteiger partial charge on any atom is -0.493 e. The summed E-state index contributed by atoms with van der Waals surface area (Å²) in [6.07, 6.45) is 1.70. The zero-order valence-electron chi connectivity index (χ0n) is 17.4. The maximum atomic E-state index is 12.5. The molecule has 31 heavy (non-hydrogen) atoms. The van der Waals surface area contributed by atoms with Crippen molar-refractivity contribution < 1.29 is 19.1 Å². The molecule has 3 amide bonds. The van der Waals surface area contributed by atoms with Gasteiger partial charge in [0, 0.05) is 28.0 Å². The number of ether oxygens (including phenoxy) is 1. The number of rotatable bonds is 9. The van der Waals surface area contributed by atoms with Gasteiger partial charge in [0.15, 0.2) is 0 Å². The average Bonchev–Trinajstić information content (AvgIpc) is 2.75. The summed E-state index contributed by atoms with van der Waals surface area (Å²) in [5.74, 6) is -0.903. The molecule has 0 heterocycles. The largest absolute Gasteiger partial charge is 0.493 e. The van der Waals surface area contributed by atoms with Crippen molar-refractivity contribution in [1.29, 1.82) is 0 Å². The van der Waals surface area contributed by atoms with Crippen LogP contribution >= 0.6 is 27.5 Å². The molecule has 0 spiro atoms. The SMILES string of the molecule is CCCCOc1ccc(Br)cc1C(=O)NNC(=O)CCC(=O)Nc1cccc(Cl)c1C. The van der Waals surface area contributed by atoms with Gasteiger partial charge in [-0.1, -0.05) is 46.9 Å². The normalized spacial score (nSPS) is 10.3. The van der Waals surface area contributed by atoms with Gasteiger partial charge in [-0.3, -0.25) is 25.2 Å². The van der Waals surface area contributed by atoms with Gasteiger partial charge in [0.25, 0.3) is 5.91 Å². The maximum absolute atomic E-state index is 12.5. The topological polar surface area (TPSA) is 96.5 Å². The van der Waals surface area contributed by atoms with Crippen LogP contribution in [0.15, 0.2) is 40.9 Å². The monoisotopic (exact) mass is 509 g/mol. The highest BCUT2D eigenvalue weighted by atomic mass is 79.9. The van der Waals surface area contributed by atoms with Crippen molar-refractivity contribution in [1.82, 2.24) is 10.9 Å². The first-order chi connectivity index (χ1) is 14.8. The number of carbonyl (C=O) groups is 3. The van der Waals surface area contributed by atoms with Gasteiger partial charge < -0.3 is 10.1 Å². The van der Waals surface area contributed by atoms with E-state index in [0.717, 1.165) is 18.4 Å². The zero-order chi connectivity index (χ0) is 22.8. The minimum absolute atomic E-state index is 0.0457. The smallest absolute Gasteiger partial charge is 0.273 e. The fraction of sp³-hybridized carbons (Fsp3) is 0.318. The van der Waals surface area contributed by atoms with Crippen LogP contribution < -0.4 is 20.9 Å². The predicted octanol–water partition coefficient (Wildman–Crippen LogP) is 4.77. The molecule has 0 unspecified atom stereocenters. The van der Waals surface area contributed by atoms with Crippen molar-refractivity contribution >= 4 is 50.9 Å². The molecule has 9 heteroatoms. The van der Waals surface area contributed by atoms with Crippen molar-refractivity contribution in [2.75, 3.05) is 11.9 Å². The van der Waals surface area contributed by atoms with Gasteiger partial charge in [0.05, 0.1) is 12.2 Å². The van der Waals surface area contributed by atoms with Crippen LogP contribution in [0.4, 0.5) is 5.69 Å². The fourth-order valence-corrected chi connectivity index (χ4v) is 3.11. The quantitative estimate of drug-likeness (QED) is 0.334. The molecule has 0 saturated carbocycles. The standard InChI is InChI=1S/C22H25BrClN3O4/c1-3-4-12-31-19-9-8-15(23)13-16(19)22(30)27-26-21(29)11-10-20(28)25-18-7-5-6-17(24)14(18)2/h5-9,13H,3-4,10-12H2,1-2H3,(H,25,28)(H,26,29)(H,27,30). The summed E-state index contributed by atoms with van der Waals surface area (Å²) in [6.45, 7) is 4.33. The molecular weight excluding hydrogens is 486 g/mol. The van der Waals surface area contributed by atoms with E-state index in [4.69, 9.17) is 16.3 Å². The Labute approximate surface area is 195 Å². The molecule has 0 aliphatic rings. The summed E-state index contributed by atoms with van der Waals surface area (Å²) in [6, 6.07) is 10.3. The Morgan fingerprint density at radius 1 is 1.06 bits per heavy atom. The lowest BCUT2D eigenvalue weighted by Gasteiger charge is -2.13. The van der Waals surface area contributed by atoms with Crippen LogP contribution in [0.25, 0.3) is 0 Å². The number of hydrazine groups is 1. The lowest BCUT2D eigenvalue weighted by atomic mass is 10.2. The van der Waals surface area contributed by atoms with Crippen LogP contribution in [0, 0.1) is 6.92 Å². The predicted molar refractivity (Wildman–Crippen MR) is 124 cm³/mol. The molecule has 0 bridgehead atoms. The molecule has 0 aliphatic carbocycles. The van der Waals surface area contributed by atoms with Crippen LogP contribution in [0.1, 0.15) is 48.5 Å². The summed E-state index contributed by atoms with van der Waals surface area (Å²) >= 11 is 9.36. The van der Waals surface area contributed by atoms with Gasteiger partial charge in [-0.05, 0) is 49.2 Å². The highest BCUT2D eigenvalue weighted by Gasteiger charge is 2.15. The first-order valence-corrected chi connectivity index (χ1v) is 11.1. The molecule has 166 valence electrons. The van der Waals surface area contributed by atoms with E-state index in [2.05, 4.69) is 32.1 Å². The number of unbranched alkanes of at least 4 members (excludes halogenated alkanes) is 1. The Morgan fingerprint density at radius 2 is 1.81 bits per heavy atom. The molecule has 0 aromatic heterocycles. The van der Waals surface area contributed by atoms with Gasteiger partial charge in [-0.15, -0.1) is 0 Å². The molecule has 7 nitrogen and oxygen atoms in total. The van der Waals surface area contributed by atoms with Crippen LogP contribution in [0.5, 0.6) is 5.75 Å². The Kier molecular flexibility index (Phi) is 9.81. The molecule has 3 N–H and O–H groups in total. The van der Waals surface area contributed by atoms with Crippen LogP contribution in [-0.4, -0.2) is 24.3 Å². The van der Waals surface area contributed by atoms with Gasteiger partial charge in [0.2, 0.25) is 11.8 Å². The highest BCUT2D eigenvalue weighted by molar-refractivity contribution is 9.10. The number of anilines is 1. The Hall–Kier alpha value is -2.58. The van der Waals surface area contributed by atoms with Gasteiger partial charge >= 0.3 is 0 Å². The van der Waals surface area contributed by atoms with E-state index in [1.807, 2.05) is 6.92 Å². The van der Waals surface area contributed by atoms with Gasteiger partial charge in [-0.25, -0.2) is 0 Å². The van der Waals surface area contributed by atoms with Crippen molar-refractivity contribution in [3.05, 3.63) is 57.0 Å². The molecule has 0 radical (unpaired) electrons. The van der Waals surface area contributed by atoms with Crippen molar-refractivity contribution in [2.24, 2.45) is 0 Å². The fourth-order valence-electron chi connectivity index (χ4n) is 2.57. The van der Waals surface area contributed by atoms with Crippen molar-refractivity contribution in [3.8, 4) is 5.75 Å². The minimum atomic E-state index is -0.514. The Bertz CT molecular complexity index is 952. The molecule has 0 aliphatic heterocycles. The zero-order valence-corrected chi connectivity index (χ0v) is 19.7. The van der Waals surface area contributed by atoms with Gasteiger partial charge in [0.1, 0.15) is 5.75 Å². The highest BCUT2D eigenvalue weighted by Crippen LogP contribution is 2.24. The summed E-state index contributed by atoms with van der Waals surface area (Å²) in [5, 5.41) is 3.27. The first kappa shape index (κ1) is 24.7. The third kappa shape index (κ3) is 7.88. The molecule has 2 rings (SSSR count). The number of hydrogen-bond donors (Lipinski definition) is 3. The lowest BCUT2D eigenvalue weighted by Crippen LogP contribution is -2.42. The summed E-state index contributed by atoms with van der Waals surface area (Å²) in [5.41, 5.74) is 6.32. The first-order valence-electron chi connectivity index (χ1n) is 9.88. The lowest BCUT2D eigenvalue weighted by molar-refractivity contribution is -0.124. The Morgan fingerprint density at radius 3 is 2.55 bits per heavy atom. The van der Waals surface area contributed by atoms with E-state index in [9.17, 15) is 14.4 Å². The molecule has 0 fully saturated rings. The van der Waals surface area contributed by atoms with Crippen LogP contribution in [0.3, 0.4) is 0 Å². The van der Waals surface area contributed by atoms with E-state index >= 15 is 0 Å². The summed E-state index contributed by atoms with van der Waals surface area (Å²) in [7, 11) is 0. The molecule has 2 aromatic carbocycles. The number of amides is 3. The summed E-state index contributed by atoms with van der Waals surface area (Å²) < 4.78 is 6.37. The number of nitrogens with one attached hydrogen (secondary N) is 3. The van der Waals surface area contributed by atoms with Crippen molar-refractivity contribution in [3.63, 3.8) is 0 Å². The van der Waals surface area contributed by atoms with E-state index in [1.165, 1.54) is 0 Å². The second-order valence-electron chi connectivity index (χ2n) is 6.81. The number of carbonyl (C=O) groups excluding carboxylic acids is 3. The Balaban J connectivity index is 1.84. The number of benzene rings is 2. The van der Waals surface area contributed by atoms with E-state index in [-0.39, 0.29) is 18.7 Å². The average molecular weight is 511 g/mol. The third-order valence-corrected chi connectivity index (χ3v) is 5.28. The van der Waals surface area contributed by atoms with Gasteiger partial charge in [-0.2, -0.15) is 0 Å². The van der Waals surface area contributed by atoms with Crippen LogP contribution in [0.2, 0.25) is 5.02 Å². The third-order valence-electron chi connectivity index (χ3n) is 4.38. The number of hydrogen-bond acceptors (Lipinski definition) is 4. The molecule has 2 aromatic rings.